The largest absolute Gasteiger partial charge is 0.508 e. The SMILES string of the molecule is CCOC(=O)C1=C(Cc2cccc(O)c2)CN(Cc2ccccc2)CC1. The first-order valence-corrected chi connectivity index (χ1v) is 9.08. The van der Waals surface area contributed by atoms with Crippen LogP contribution in [0, 0.1) is 0 Å². The van der Waals surface area contributed by atoms with Gasteiger partial charge in [0.15, 0.2) is 0 Å². The molecule has 1 heterocycles. The summed E-state index contributed by atoms with van der Waals surface area (Å²) in [6.07, 6.45) is 1.34. The summed E-state index contributed by atoms with van der Waals surface area (Å²) in [6.45, 7) is 4.65. The van der Waals surface area contributed by atoms with E-state index in [0.29, 0.717) is 19.4 Å². The van der Waals surface area contributed by atoms with Crippen LogP contribution >= 0.6 is 0 Å². The molecule has 0 saturated carbocycles. The van der Waals surface area contributed by atoms with Crippen molar-refractivity contribution in [1.82, 2.24) is 4.90 Å². The molecule has 0 saturated heterocycles. The summed E-state index contributed by atoms with van der Waals surface area (Å²) in [5.41, 5.74) is 4.14. The van der Waals surface area contributed by atoms with Crippen molar-refractivity contribution in [2.24, 2.45) is 0 Å². The van der Waals surface area contributed by atoms with Crippen molar-refractivity contribution in [2.45, 2.75) is 26.3 Å². The van der Waals surface area contributed by atoms with Gasteiger partial charge < -0.3 is 9.84 Å². The second kappa shape index (κ2) is 8.68. The van der Waals surface area contributed by atoms with Crippen molar-refractivity contribution in [3.63, 3.8) is 0 Å². The summed E-state index contributed by atoms with van der Waals surface area (Å²) < 4.78 is 5.26. The maximum absolute atomic E-state index is 12.4. The summed E-state index contributed by atoms with van der Waals surface area (Å²) >= 11 is 0. The van der Waals surface area contributed by atoms with Gasteiger partial charge in [-0.1, -0.05) is 42.5 Å². The number of phenolic OH excluding ortho intramolecular Hbond substituents is 1. The molecule has 4 nitrogen and oxygen atoms in total. The molecule has 2 aromatic carbocycles. The second-order valence-electron chi connectivity index (χ2n) is 6.60. The van der Waals surface area contributed by atoms with Gasteiger partial charge in [0, 0.05) is 25.2 Å². The minimum Gasteiger partial charge on any atom is -0.508 e. The Morgan fingerprint density at radius 3 is 2.62 bits per heavy atom. The predicted molar refractivity (Wildman–Crippen MR) is 102 cm³/mol. The highest BCUT2D eigenvalue weighted by Gasteiger charge is 2.24. The lowest BCUT2D eigenvalue weighted by molar-refractivity contribution is -0.138. The van der Waals surface area contributed by atoms with Crippen LogP contribution in [0.25, 0.3) is 0 Å². The van der Waals surface area contributed by atoms with Crippen LogP contribution in [-0.4, -0.2) is 35.7 Å². The van der Waals surface area contributed by atoms with Gasteiger partial charge in [-0.2, -0.15) is 0 Å². The third kappa shape index (κ3) is 4.73. The Labute approximate surface area is 154 Å². The average Bonchev–Trinajstić information content (AvgIpc) is 2.63. The topological polar surface area (TPSA) is 49.8 Å². The van der Waals surface area contributed by atoms with Crippen molar-refractivity contribution in [3.8, 4) is 5.75 Å². The first kappa shape index (κ1) is 18.2. The van der Waals surface area contributed by atoms with Crippen molar-refractivity contribution in [2.75, 3.05) is 19.7 Å². The summed E-state index contributed by atoms with van der Waals surface area (Å²) in [6, 6.07) is 17.6. The zero-order valence-electron chi connectivity index (χ0n) is 15.1. The summed E-state index contributed by atoms with van der Waals surface area (Å²) in [5, 5.41) is 9.73. The maximum Gasteiger partial charge on any atom is 0.334 e. The number of ether oxygens (including phenoxy) is 1. The fraction of sp³-hybridized carbons (Fsp3) is 0.318. The third-order valence-corrected chi connectivity index (χ3v) is 4.62. The number of phenols is 1. The van der Waals surface area contributed by atoms with Crippen LogP contribution < -0.4 is 0 Å². The van der Waals surface area contributed by atoms with Crippen LogP contribution in [-0.2, 0) is 22.5 Å². The number of rotatable bonds is 6. The molecular formula is C22H25NO3. The highest BCUT2D eigenvalue weighted by Crippen LogP contribution is 2.25. The van der Waals surface area contributed by atoms with Crippen molar-refractivity contribution in [1.29, 1.82) is 0 Å². The Morgan fingerprint density at radius 2 is 1.88 bits per heavy atom. The number of carbonyl (C=O) groups is 1. The number of benzene rings is 2. The van der Waals surface area contributed by atoms with E-state index in [0.717, 1.165) is 36.3 Å². The van der Waals surface area contributed by atoms with E-state index in [1.807, 2.05) is 37.3 Å². The first-order valence-electron chi connectivity index (χ1n) is 9.08. The van der Waals surface area contributed by atoms with Crippen LogP contribution in [0.1, 0.15) is 24.5 Å². The van der Waals surface area contributed by atoms with Gasteiger partial charge in [-0.3, -0.25) is 4.90 Å². The molecule has 0 atom stereocenters. The smallest absolute Gasteiger partial charge is 0.334 e. The molecule has 0 fully saturated rings. The Kier molecular flexibility index (Phi) is 6.08. The number of carbonyl (C=O) groups excluding carboxylic acids is 1. The lowest BCUT2D eigenvalue weighted by Crippen LogP contribution is -2.34. The average molecular weight is 351 g/mol. The molecule has 26 heavy (non-hydrogen) atoms. The molecule has 0 radical (unpaired) electrons. The predicted octanol–water partition coefficient (Wildman–Crippen LogP) is 3.70. The van der Waals surface area contributed by atoms with Gasteiger partial charge in [-0.25, -0.2) is 4.79 Å². The van der Waals surface area contributed by atoms with Gasteiger partial charge >= 0.3 is 5.97 Å². The van der Waals surface area contributed by atoms with Gasteiger partial charge in [-0.15, -0.1) is 0 Å². The zero-order chi connectivity index (χ0) is 18.4. The Balaban J connectivity index is 1.80. The molecule has 4 heteroatoms. The Morgan fingerprint density at radius 1 is 1.12 bits per heavy atom. The molecule has 0 amide bonds. The zero-order valence-corrected chi connectivity index (χ0v) is 15.1. The van der Waals surface area contributed by atoms with Crippen LogP contribution in [0.5, 0.6) is 5.75 Å². The quantitative estimate of drug-likeness (QED) is 0.806. The van der Waals surface area contributed by atoms with Gasteiger partial charge in [0.1, 0.15) is 5.75 Å². The maximum atomic E-state index is 12.4. The van der Waals surface area contributed by atoms with Crippen LogP contribution in [0.15, 0.2) is 65.7 Å². The number of hydrogen-bond acceptors (Lipinski definition) is 4. The highest BCUT2D eigenvalue weighted by molar-refractivity contribution is 5.89. The van der Waals surface area contributed by atoms with E-state index in [1.165, 1.54) is 5.56 Å². The third-order valence-electron chi connectivity index (χ3n) is 4.62. The van der Waals surface area contributed by atoms with E-state index in [2.05, 4.69) is 17.0 Å². The van der Waals surface area contributed by atoms with E-state index in [4.69, 9.17) is 4.74 Å². The minimum atomic E-state index is -0.206. The lowest BCUT2D eigenvalue weighted by Gasteiger charge is -2.30. The van der Waals surface area contributed by atoms with E-state index < -0.39 is 0 Å². The molecule has 136 valence electrons. The molecule has 0 aliphatic carbocycles. The standard InChI is InChI=1S/C22H25NO3/c1-2-26-22(25)21-11-12-23(15-17-7-4-3-5-8-17)16-19(21)13-18-9-6-10-20(24)14-18/h3-10,14,24H,2,11-13,15-16H2,1H3. The van der Waals surface area contributed by atoms with Gasteiger partial charge in [0.25, 0.3) is 0 Å². The summed E-state index contributed by atoms with van der Waals surface area (Å²) in [7, 11) is 0. The Bertz CT molecular complexity index is 783. The van der Waals surface area contributed by atoms with E-state index in [1.54, 1.807) is 12.1 Å². The minimum absolute atomic E-state index is 0.206. The molecule has 0 bridgehead atoms. The number of aromatic hydroxyl groups is 1. The summed E-state index contributed by atoms with van der Waals surface area (Å²) in [5.74, 6) is 0.0414. The second-order valence-corrected chi connectivity index (χ2v) is 6.60. The van der Waals surface area contributed by atoms with Gasteiger partial charge in [-0.05, 0) is 48.6 Å². The molecular weight excluding hydrogens is 326 g/mol. The molecule has 1 aliphatic rings. The molecule has 1 aliphatic heterocycles. The van der Waals surface area contributed by atoms with Crippen molar-refractivity contribution >= 4 is 5.97 Å². The number of hydrogen-bond donors (Lipinski definition) is 1. The van der Waals surface area contributed by atoms with Crippen molar-refractivity contribution in [3.05, 3.63) is 76.9 Å². The fourth-order valence-electron chi connectivity index (χ4n) is 3.41. The molecule has 1 N–H and O–H groups in total. The molecule has 0 spiro atoms. The fourth-order valence-corrected chi connectivity index (χ4v) is 3.41. The molecule has 0 unspecified atom stereocenters. The van der Waals surface area contributed by atoms with Crippen molar-refractivity contribution < 1.29 is 14.6 Å². The van der Waals surface area contributed by atoms with Gasteiger partial charge in [0.2, 0.25) is 0 Å². The van der Waals surface area contributed by atoms with E-state index in [-0.39, 0.29) is 11.7 Å². The Hall–Kier alpha value is -2.59. The van der Waals surface area contributed by atoms with Gasteiger partial charge in [0.05, 0.1) is 6.61 Å². The molecule has 2 aromatic rings. The molecule has 0 aromatic heterocycles. The summed E-state index contributed by atoms with van der Waals surface area (Å²) in [4.78, 5) is 14.7. The highest BCUT2D eigenvalue weighted by atomic mass is 16.5. The number of esters is 1. The van der Waals surface area contributed by atoms with Crippen LogP contribution in [0.3, 0.4) is 0 Å². The first-order chi connectivity index (χ1) is 12.7. The monoisotopic (exact) mass is 351 g/mol. The van der Waals surface area contributed by atoms with Crippen LogP contribution in [0.2, 0.25) is 0 Å². The van der Waals surface area contributed by atoms with E-state index >= 15 is 0 Å². The number of nitrogens with zero attached hydrogens (tertiary/aromatic N) is 1. The van der Waals surface area contributed by atoms with E-state index in [9.17, 15) is 9.90 Å². The lowest BCUT2D eigenvalue weighted by atomic mass is 9.94. The van der Waals surface area contributed by atoms with Crippen LogP contribution in [0.4, 0.5) is 0 Å². The molecule has 3 rings (SSSR count). The normalized spacial score (nSPS) is 15.1.